The summed E-state index contributed by atoms with van der Waals surface area (Å²) in [6.07, 6.45) is 4.85. The van der Waals surface area contributed by atoms with E-state index in [0.717, 1.165) is 58.0 Å². The van der Waals surface area contributed by atoms with E-state index in [2.05, 4.69) is 34.8 Å². The van der Waals surface area contributed by atoms with Crippen LogP contribution in [0.15, 0.2) is 70.8 Å². The van der Waals surface area contributed by atoms with Crippen LogP contribution in [0.3, 0.4) is 0 Å². The molecule has 3 aromatic carbocycles. The summed E-state index contributed by atoms with van der Waals surface area (Å²) in [7, 11) is 3.35. The summed E-state index contributed by atoms with van der Waals surface area (Å²) in [5, 5.41) is 4.40. The topological polar surface area (TPSA) is 81.5 Å². The van der Waals surface area contributed by atoms with Crippen LogP contribution in [-0.2, 0) is 11.2 Å². The number of nitrogens with one attached hydrogen (secondary N) is 1. The molecule has 1 aliphatic heterocycles. The fraction of sp³-hybridized carbons (Fsp3) is 0.364. The molecule has 7 heteroatoms. The van der Waals surface area contributed by atoms with Gasteiger partial charge in [0.2, 0.25) is 5.91 Å². The molecular formula is C33H37N3O4. The van der Waals surface area contributed by atoms with Crippen molar-refractivity contribution in [2.45, 2.75) is 57.9 Å². The number of benzene rings is 3. The van der Waals surface area contributed by atoms with Gasteiger partial charge in [0.15, 0.2) is 11.5 Å². The zero-order valence-corrected chi connectivity index (χ0v) is 23.7. The van der Waals surface area contributed by atoms with Crippen molar-refractivity contribution >= 4 is 17.3 Å². The predicted octanol–water partition coefficient (Wildman–Crippen LogP) is 6.06. The minimum atomic E-state index is -0.181. The Kier molecular flexibility index (Phi) is 8.48. The average molecular weight is 540 g/mol. The number of hydrogen-bond acceptors (Lipinski definition) is 6. The van der Waals surface area contributed by atoms with Crippen LogP contribution in [0.5, 0.6) is 17.2 Å². The summed E-state index contributed by atoms with van der Waals surface area (Å²) >= 11 is 0. The number of amides is 1. The Morgan fingerprint density at radius 2 is 1.77 bits per heavy atom. The molecule has 2 atom stereocenters. The molecule has 1 fully saturated rings. The molecule has 0 spiro atoms. The van der Waals surface area contributed by atoms with Crippen molar-refractivity contribution in [2.24, 2.45) is 10.1 Å². The summed E-state index contributed by atoms with van der Waals surface area (Å²) < 4.78 is 16.8. The maximum Gasteiger partial charge on any atom is 0.244 e. The number of ether oxygens (including phenoxy) is 3. The highest BCUT2D eigenvalue weighted by Crippen LogP contribution is 2.44. The lowest BCUT2D eigenvalue weighted by atomic mass is 9.75. The van der Waals surface area contributed by atoms with Crippen LogP contribution in [0.4, 0.5) is 0 Å². The van der Waals surface area contributed by atoms with Crippen molar-refractivity contribution in [3.63, 3.8) is 0 Å². The first-order valence-corrected chi connectivity index (χ1v) is 14.0. The number of carbonyl (C=O) groups excluding carboxylic acids is 1. The van der Waals surface area contributed by atoms with Crippen LogP contribution in [0.2, 0.25) is 0 Å². The van der Waals surface area contributed by atoms with Gasteiger partial charge < -0.3 is 14.2 Å². The molecule has 7 nitrogen and oxygen atoms in total. The van der Waals surface area contributed by atoms with Crippen LogP contribution in [0, 0.1) is 0 Å². The molecular weight excluding hydrogens is 502 g/mol. The minimum Gasteiger partial charge on any atom is -0.494 e. The molecule has 40 heavy (non-hydrogen) atoms. The summed E-state index contributed by atoms with van der Waals surface area (Å²) in [5.74, 6) is 2.42. The van der Waals surface area contributed by atoms with E-state index >= 15 is 0 Å². The molecule has 5 rings (SSSR count). The van der Waals surface area contributed by atoms with Gasteiger partial charge in [0.25, 0.3) is 0 Å². The Balaban J connectivity index is 1.39. The van der Waals surface area contributed by atoms with Gasteiger partial charge in [-0.25, -0.2) is 5.43 Å². The van der Waals surface area contributed by atoms with Gasteiger partial charge in [0.05, 0.1) is 44.7 Å². The second-order valence-electron chi connectivity index (χ2n) is 10.3. The average Bonchev–Trinajstić information content (AvgIpc) is 2.99. The third-order valence-corrected chi connectivity index (χ3v) is 7.71. The molecule has 2 aliphatic rings. The first-order chi connectivity index (χ1) is 19.5. The van der Waals surface area contributed by atoms with E-state index in [-0.39, 0.29) is 18.4 Å². The largest absolute Gasteiger partial charge is 0.494 e. The van der Waals surface area contributed by atoms with Crippen molar-refractivity contribution in [1.82, 2.24) is 5.43 Å². The van der Waals surface area contributed by atoms with Crippen molar-refractivity contribution in [3.05, 3.63) is 88.5 Å². The highest BCUT2D eigenvalue weighted by molar-refractivity contribution is 6.16. The quantitative estimate of drug-likeness (QED) is 0.265. The van der Waals surface area contributed by atoms with E-state index in [1.165, 1.54) is 18.4 Å². The van der Waals surface area contributed by atoms with Crippen molar-refractivity contribution in [2.75, 3.05) is 20.8 Å². The zero-order valence-electron chi connectivity index (χ0n) is 23.7. The van der Waals surface area contributed by atoms with Crippen LogP contribution in [-0.4, -0.2) is 44.2 Å². The van der Waals surface area contributed by atoms with Gasteiger partial charge >= 0.3 is 0 Å². The molecule has 0 radical (unpaired) electrons. The van der Waals surface area contributed by atoms with Crippen LogP contribution in [0.1, 0.15) is 73.3 Å². The number of hydrazone groups is 1. The van der Waals surface area contributed by atoms with Gasteiger partial charge in [-0.2, -0.15) is 5.10 Å². The van der Waals surface area contributed by atoms with Gasteiger partial charge in [-0.15, -0.1) is 0 Å². The lowest BCUT2D eigenvalue weighted by Crippen LogP contribution is -2.29. The molecule has 1 aliphatic carbocycles. The normalized spacial score (nSPS) is 18.2. The Labute approximate surface area is 236 Å². The van der Waals surface area contributed by atoms with Crippen LogP contribution < -0.4 is 19.6 Å². The molecule has 0 bridgehead atoms. The third-order valence-electron chi connectivity index (χ3n) is 7.71. The Bertz CT molecular complexity index is 1450. The fourth-order valence-corrected chi connectivity index (χ4v) is 5.74. The number of nitrogens with zero attached hydrogens (tertiary/aromatic N) is 2. The van der Waals surface area contributed by atoms with E-state index < -0.39 is 0 Å². The third kappa shape index (κ3) is 5.88. The molecule has 208 valence electrons. The molecule has 0 aromatic heterocycles. The van der Waals surface area contributed by atoms with Crippen molar-refractivity contribution in [3.8, 4) is 17.2 Å². The maximum atomic E-state index is 12.6. The summed E-state index contributed by atoms with van der Waals surface area (Å²) in [4.78, 5) is 17.9. The molecule has 3 aromatic rings. The number of aliphatic imine (C=N–C) groups is 1. The predicted molar refractivity (Wildman–Crippen MR) is 158 cm³/mol. The van der Waals surface area contributed by atoms with E-state index in [1.807, 2.05) is 50.2 Å². The lowest BCUT2D eigenvalue weighted by Gasteiger charge is -2.35. The van der Waals surface area contributed by atoms with Gasteiger partial charge in [0.1, 0.15) is 5.75 Å². The molecule has 1 N–H and O–H groups in total. The number of rotatable bonds is 9. The Morgan fingerprint density at radius 1 is 1.00 bits per heavy atom. The Hall–Kier alpha value is -4.13. The van der Waals surface area contributed by atoms with E-state index in [9.17, 15) is 4.79 Å². The second-order valence-corrected chi connectivity index (χ2v) is 10.3. The SMILES string of the molecule is CCOc1cccc(CC(=O)NN=C(C)c2cccc(C3=N[C@@H]4CCCC[C@@H]4c4cc(OC)c(OC)cc43)c2)c1. The van der Waals surface area contributed by atoms with Crippen molar-refractivity contribution < 1.29 is 19.0 Å². The molecule has 0 unspecified atom stereocenters. The highest BCUT2D eigenvalue weighted by Gasteiger charge is 2.34. The van der Waals surface area contributed by atoms with Gasteiger partial charge in [-0.3, -0.25) is 9.79 Å². The van der Waals surface area contributed by atoms with E-state index in [1.54, 1.807) is 14.2 Å². The van der Waals surface area contributed by atoms with Gasteiger partial charge in [-0.05, 0) is 73.7 Å². The van der Waals surface area contributed by atoms with Crippen molar-refractivity contribution in [1.29, 1.82) is 0 Å². The number of carbonyl (C=O) groups is 1. The first-order valence-electron chi connectivity index (χ1n) is 14.0. The minimum absolute atomic E-state index is 0.181. The fourth-order valence-electron chi connectivity index (χ4n) is 5.74. The van der Waals surface area contributed by atoms with Gasteiger partial charge in [0, 0.05) is 17.0 Å². The molecule has 1 amide bonds. The van der Waals surface area contributed by atoms with Crippen LogP contribution in [0.25, 0.3) is 0 Å². The number of fused-ring (bicyclic) bond motifs is 3. The summed E-state index contributed by atoms with van der Waals surface area (Å²) in [5.41, 5.74) is 9.58. The monoisotopic (exact) mass is 539 g/mol. The Morgan fingerprint density at radius 3 is 2.58 bits per heavy atom. The lowest BCUT2D eigenvalue weighted by molar-refractivity contribution is -0.120. The smallest absolute Gasteiger partial charge is 0.244 e. The molecule has 1 saturated carbocycles. The number of methoxy groups -OCH3 is 2. The highest BCUT2D eigenvalue weighted by atomic mass is 16.5. The first kappa shape index (κ1) is 27.4. The molecule has 1 heterocycles. The van der Waals surface area contributed by atoms with Crippen LogP contribution >= 0.6 is 0 Å². The van der Waals surface area contributed by atoms with E-state index in [0.29, 0.717) is 18.3 Å². The maximum absolute atomic E-state index is 12.6. The summed E-state index contributed by atoms with van der Waals surface area (Å²) in [6.45, 7) is 4.42. The molecule has 0 saturated heterocycles. The van der Waals surface area contributed by atoms with E-state index in [4.69, 9.17) is 19.2 Å². The van der Waals surface area contributed by atoms with Gasteiger partial charge in [-0.1, -0.05) is 43.2 Å². The summed E-state index contributed by atoms with van der Waals surface area (Å²) in [6, 6.07) is 20.2. The second kappa shape index (κ2) is 12.4. The standard InChI is InChI=1S/C33H37N3O4/c1-5-40-25-13-8-10-22(16-25)17-32(37)36-35-21(2)23-11-9-12-24(18-23)33-28-20-31(39-4)30(38-3)19-27(28)26-14-6-7-15-29(26)34-33/h8-13,16,18-20,26,29H,5-7,14-15,17H2,1-4H3,(H,36,37)/t26-,29-/m1/s1. The number of hydrogen-bond donors (Lipinski definition) is 1. The zero-order chi connectivity index (χ0) is 28.1.